The van der Waals surface area contributed by atoms with Crippen LogP contribution < -0.4 is 9.47 Å². The lowest BCUT2D eigenvalue weighted by Crippen LogP contribution is -2.41. The van der Waals surface area contributed by atoms with Crippen molar-refractivity contribution in [3.63, 3.8) is 0 Å². The van der Waals surface area contributed by atoms with E-state index in [-0.39, 0.29) is 0 Å². The third-order valence-corrected chi connectivity index (χ3v) is 5.36. The second-order valence-corrected chi connectivity index (χ2v) is 7.96. The number of hydrogen-bond acceptors (Lipinski definition) is 3. The van der Waals surface area contributed by atoms with E-state index in [1.165, 1.54) is 11.1 Å². The van der Waals surface area contributed by atoms with E-state index in [4.69, 9.17) is 9.47 Å². The minimum atomic E-state index is -1.24. The molecule has 1 atom stereocenters. The third-order valence-electron chi connectivity index (χ3n) is 5.36. The van der Waals surface area contributed by atoms with Crippen molar-refractivity contribution in [2.24, 2.45) is 0 Å². The molecule has 0 aliphatic carbocycles. The van der Waals surface area contributed by atoms with Crippen LogP contribution in [0.1, 0.15) is 39.2 Å². The average Bonchev–Trinajstić information content (AvgIpc) is 2.81. The standard InChI is InChI=1S/C28H30O4/c1-4-19-28(3,27(29)30)32-26-17-15-25(16-18-26)31-24(5-2)20-21-11-13-23(14-12-21)22-9-7-6-8-10-22/h5-18H,4,19-20H2,1-3H3,(H,29,30). The molecule has 0 spiro atoms. The molecule has 4 heteroatoms. The number of benzene rings is 3. The second-order valence-electron chi connectivity index (χ2n) is 7.96. The molecule has 3 rings (SSSR count). The zero-order chi connectivity index (χ0) is 23.0. The quantitative estimate of drug-likeness (QED) is 0.355. The Hall–Kier alpha value is -3.53. The summed E-state index contributed by atoms with van der Waals surface area (Å²) in [7, 11) is 0. The molecule has 32 heavy (non-hydrogen) atoms. The lowest BCUT2D eigenvalue weighted by atomic mass is 10.0. The van der Waals surface area contributed by atoms with Gasteiger partial charge in [-0.05, 0) is 67.3 Å². The fourth-order valence-electron chi connectivity index (χ4n) is 3.51. The van der Waals surface area contributed by atoms with E-state index in [0.29, 0.717) is 24.3 Å². The summed E-state index contributed by atoms with van der Waals surface area (Å²) >= 11 is 0. The number of aliphatic carboxylic acids is 1. The molecule has 0 saturated heterocycles. The lowest BCUT2D eigenvalue weighted by molar-refractivity contribution is -0.154. The lowest BCUT2D eigenvalue weighted by Gasteiger charge is -2.26. The molecule has 166 valence electrons. The molecular weight excluding hydrogens is 400 g/mol. The molecule has 1 N–H and O–H groups in total. The van der Waals surface area contributed by atoms with Crippen molar-refractivity contribution in [3.8, 4) is 22.6 Å². The summed E-state index contributed by atoms with van der Waals surface area (Å²) in [6.45, 7) is 5.49. The molecule has 3 aromatic rings. The van der Waals surface area contributed by atoms with Gasteiger partial charge in [0.2, 0.25) is 5.60 Å². The van der Waals surface area contributed by atoms with E-state index in [1.807, 2.05) is 38.1 Å². The van der Waals surface area contributed by atoms with Crippen LogP contribution in [0.15, 0.2) is 90.7 Å². The SMILES string of the molecule is CC=C(Cc1ccc(-c2ccccc2)cc1)Oc1ccc(OC(C)(CCC)C(=O)O)cc1. The van der Waals surface area contributed by atoms with E-state index in [2.05, 4.69) is 36.4 Å². The number of hydrogen-bond donors (Lipinski definition) is 1. The fourth-order valence-corrected chi connectivity index (χ4v) is 3.51. The minimum Gasteiger partial charge on any atom is -0.478 e. The number of carbonyl (C=O) groups is 1. The highest BCUT2D eigenvalue weighted by Gasteiger charge is 2.34. The van der Waals surface area contributed by atoms with Crippen molar-refractivity contribution < 1.29 is 19.4 Å². The largest absolute Gasteiger partial charge is 0.478 e. The van der Waals surface area contributed by atoms with E-state index in [9.17, 15) is 9.90 Å². The van der Waals surface area contributed by atoms with Gasteiger partial charge in [0.15, 0.2) is 0 Å². The second kappa shape index (κ2) is 10.7. The Kier molecular flexibility index (Phi) is 7.72. The Morgan fingerprint density at radius 2 is 1.50 bits per heavy atom. The summed E-state index contributed by atoms with van der Waals surface area (Å²) in [5, 5.41) is 9.50. The highest BCUT2D eigenvalue weighted by molar-refractivity contribution is 5.77. The maximum Gasteiger partial charge on any atom is 0.347 e. The smallest absolute Gasteiger partial charge is 0.347 e. The molecule has 0 aliphatic rings. The van der Waals surface area contributed by atoms with Crippen LogP contribution in [0, 0.1) is 0 Å². The number of ether oxygens (including phenoxy) is 2. The molecular formula is C28H30O4. The summed E-state index contributed by atoms with van der Waals surface area (Å²) in [5.41, 5.74) is 2.30. The first kappa shape index (κ1) is 23.1. The Morgan fingerprint density at radius 3 is 2.06 bits per heavy atom. The van der Waals surface area contributed by atoms with Crippen LogP contribution in [0.4, 0.5) is 0 Å². The zero-order valence-electron chi connectivity index (χ0n) is 18.9. The van der Waals surface area contributed by atoms with E-state index >= 15 is 0 Å². The molecule has 0 fully saturated rings. The Labute approximate surface area is 190 Å². The van der Waals surface area contributed by atoms with Crippen molar-refractivity contribution in [3.05, 3.63) is 96.3 Å². The average molecular weight is 431 g/mol. The van der Waals surface area contributed by atoms with Crippen LogP contribution in [-0.4, -0.2) is 16.7 Å². The highest BCUT2D eigenvalue weighted by Crippen LogP contribution is 2.27. The van der Waals surface area contributed by atoms with Gasteiger partial charge < -0.3 is 14.6 Å². The Balaban J connectivity index is 1.63. The fraction of sp³-hybridized carbons (Fsp3) is 0.250. The van der Waals surface area contributed by atoms with Gasteiger partial charge >= 0.3 is 5.97 Å². The van der Waals surface area contributed by atoms with Crippen molar-refractivity contribution in [1.29, 1.82) is 0 Å². The van der Waals surface area contributed by atoms with Crippen molar-refractivity contribution in [2.75, 3.05) is 0 Å². The minimum absolute atomic E-state index is 0.437. The highest BCUT2D eigenvalue weighted by atomic mass is 16.5. The Bertz CT molecular complexity index is 1040. The normalized spacial score (nSPS) is 13.3. The summed E-state index contributed by atoms with van der Waals surface area (Å²) in [4.78, 5) is 11.6. The molecule has 0 saturated carbocycles. The topological polar surface area (TPSA) is 55.8 Å². The van der Waals surface area contributed by atoms with E-state index in [0.717, 1.165) is 17.7 Å². The van der Waals surface area contributed by atoms with Gasteiger partial charge in [0.1, 0.15) is 17.3 Å². The number of allylic oxidation sites excluding steroid dienone is 2. The van der Waals surface area contributed by atoms with Crippen molar-refractivity contribution >= 4 is 5.97 Å². The number of carboxylic acid groups (broad SMARTS) is 1. The third kappa shape index (κ3) is 6.01. The molecule has 4 nitrogen and oxygen atoms in total. The summed E-state index contributed by atoms with van der Waals surface area (Å²) in [5.74, 6) is 1.06. The van der Waals surface area contributed by atoms with Crippen LogP contribution in [0.2, 0.25) is 0 Å². The Morgan fingerprint density at radius 1 is 0.906 bits per heavy atom. The van der Waals surface area contributed by atoms with Gasteiger partial charge in [-0.3, -0.25) is 0 Å². The first-order chi connectivity index (χ1) is 15.4. The molecule has 0 heterocycles. The summed E-state index contributed by atoms with van der Waals surface area (Å²) in [6.07, 6.45) is 3.79. The van der Waals surface area contributed by atoms with Crippen LogP contribution >= 0.6 is 0 Å². The zero-order valence-corrected chi connectivity index (χ0v) is 18.9. The summed E-state index contributed by atoms with van der Waals surface area (Å²) in [6, 6.07) is 25.9. The van der Waals surface area contributed by atoms with Crippen LogP contribution in [0.25, 0.3) is 11.1 Å². The maximum absolute atomic E-state index is 11.6. The predicted octanol–water partition coefficient (Wildman–Crippen LogP) is 6.90. The van der Waals surface area contributed by atoms with Gasteiger partial charge in [0.25, 0.3) is 0 Å². The predicted molar refractivity (Wildman–Crippen MR) is 128 cm³/mol. The molecule has 0 aromatic heterocycles. The van der Waals surface area contributed by atoms with E-state index in [1.54, 1.807) is 31.2 Å². The number of carboxylic acids is 1. The van der Waals surface area contributed by atoms with Crippen molar-refractivity contribution in [1.82, 2.24) is 0 Å². The molecule has 0 aliphatic heterocycles. The first-order valence-corrected chi connectivity index (χ1v) is 10.9. The van der Waals surface area contributed by atoms with Gasteiger partial charge in [-0.2, -0.15) is 0 Å². The van der Waals surface area contributed by atoms with Gasteiger partial charge in [-0.25, -0.2) is 4.79 Å². The summed E-state index contributed by atoms with van der Waals surface area (Å²) < 4.78 is 11.8. The van der Waals surface area contributed by atoms with Gasteiger partial charge in [-0.1, -0.05) is 67.9 Å². The van der Waals surface area contributed by atoms with Gasteiger partial charge in [0.05, 0.1) is 0 Å². The first-order valence-electron chi connectivity index (χ1n) is 10.9. The van der Waals surface area contributed by atoms with Gasteiger partial charge in [-0.15, -0.1) is 0 Å². The molecule has 0 bridgehead atoms. The molecule has 0 amide bonds. The van der Waals surface area contributed by atoms with Crippen molar-refractivity contribution in [2.45, 2.75) is 45.6 Å². The molecule has 1 unspecified atom stereocenters. The van der Waals surface area contributed by atoms with Gasteiger partial charge in [0, 0.05) is 6.42 Å². The maximum atomic E-state index is 11.6. The molecule has 3 aromatic carbocycles. The van der Waals surface area contributed by atoms with Crippen LogP contribution in [-0.2, 0) is 11.2 Å². The van der Waals surface area contributed by atoms with Crippen LogP contribution in [0.3, 0.4) is 0 Å². The monoisotopic (exact) mass is 430 g/mol. The number of rotatable bonds is 10. The van der Waals surface area contributed by atoms with Crippen LogP contribution in [0.5, 0.6) is 11.5 Å². The van der Waals surface area contributed by atoms with E-state index < -0.39 is 11.6 Å². The molecule has 0 radical (unpaired) electrons.